The summed E-state index contributed by atoms with van der Waals surface area (Å²) in [5.41, 5.74) is 0.429. The molecule has 5 heteroatoms. The van der Waals surface area contributed by atoms with Crippen LogP contribution in [0.3, 0.4) is 0 Å². The van der Waals surface area contributed by atoms with Gasteiger partial charge in [0.1, 0.15) is 11.6 Å². The summed E-state index contributed by atoms with van der Waals surface area (Å²) < 4.78 is 0. The number of carbonyl (C=O) groups is 1. The van der Waals surface area contributed by atoms with Crippen LogP contribution in [-0.4, -0.2) is 22.7 Å². The van der Waals surface area contributed by atoms with Crippen molar-refractivity contribution in [1.29, 1.82) is 5.26 Å². The van der Waals surface area contributed by atoms with Gasteiger partial charge in [-0.3, -0.25) is 4.79 Å². The average Bonchev–Trinajstić information content (AvgIpc) is 2.40. The highest BCUT2D eigenvalue weighted by Gasteiger charge is 2.08. The van der Waals surface area contributed by atoms with Crippen LogP contribution in [0.1, 0.15) is 25.3 Å². The molecule has 1 aromatic rings. The number of aromatic hydroxyl groups is 2. The predicted octanol–water partition coefficient (Wildman–Crippen LogP) is 1.92. The molecule has 0 radical (unpaired) electrons. The summed E-state index contributed by atoms with van der Waals surface area (Å²) in [6.07, 6.45) is 3.17. The first kappa shape index (κ1) is 14.6. The number of hydrogen-bond donors (Lipinski definition) is 3. The maximum absolute atomic E-state index is 11.7. The lowest BCUT2D eigenvalue weighted by molar-refractivity contribution is -0.117. The van der Waals surface area contributed by atoms with Gasteiger partial charge in [-0.1, -0.05) is 19.4 Å². The SMILES string of the molecule is CCCCNC(=O)/C(C#N)=C/c1ccc(O)c(O)c1. The lowest BCUT2D eigenvalue weighted by atomic mass is 10.1. The summed E-state index contributed by atoms with van der Waals surface area (Å²) in [6, 6.07) is 5.90. The zero-order chi connectivity index (χ0) is 14.3. The highest BCUT2D eigenvalue weighted by molar-refractivity contribution is 6.01. The third-order valence-corrected chi connectivity index (χ3v) is 2.49. The third kappa shape index (κ3) is 4.36. The average molecular weight is 260 g/mol. The molecule has 0 aliphatic heterocycles. The van der Waals surface area contributed by atoms with Crippen molar-refractivity contribution in [3.05, 3.63) is 29.3 Å². The molecule has 0 heterocycles. The van der Waals surface area contributed by atoms with E-state index in [1.807, 2.05) is 13.0 Å². The predicted molar refractivity (Wildman–Crippen MR) is 71.3 cm³/mol. The minimum Gasteiger partial charge on any atom is -0.504 e. The van der Waals surface area contributed by atoms with E-state index in [1.165, 1.54) is 24.3 Å². The summed E-state index contributed by atoms with van der Waals surface area (Å²) >= 11 is 0. The molecule has 1 aromatic carbocycles. The number of unbranched alkanes of at least 4 members (excludes halogenated alkanes) is 1. The van der Waals surface area contributed by atoms with Gasteiger partial charge in [0.25, 0.3) is 5.91 Å². The van der Waals surface area contributed by atoms with Crippen molar-refractivity contribution >= 4 is 12.0 Å². The summed E-state index contributed by atoms with van der Waals surface area (Å²) in [5, 5.41) is 30.1. The summed E-state index contributed by atoms with van der Waals surface area (Å²) in [6.45, 7) is 2.53. The van der Waals surface area contributed by atoms with Gasteiger partial charge in [-0.05, 0) is 30.2 Å². The summed E-state index contributed by atoms with van der Waals surface area (Å²) in [5.74, 6) is -0.982. The molecule has 0 atom stereocenters. The van der Waals surface area contributed by atoms with E-state index in [-0.39, 0.29) is 17.1 Å². The molecule has 1 amide bonds. The molecule has 0 unspecified atom stereocenters. The molecule has 0 saturated heterocycles. The Morgan fingerprint density at radius 2 is 2.16 bits per heavy atom. The molecule has 5 nitrogen and oxygen atoms in total. The molecular formula is C14H16N2O3. The van der Waals surface area contributed by atoms with Crippen LogP contribution in [0.15, 0.2) is 23.8 Å². The largest absolute Gasteiger partial charge is 0.504 e. The van der Waals surface area contributed by atoms with Crippen molar-refractivity contribution in [3.63, 3.8) is 0 Å². The maximum atomic E-state index is 11.7. The van der Waals surface area contributed by atoms with Crippen LogP contribution in [0.4, 0.5) is 0 Å². The second-order valence-corrected chi connectivity index (χ2v) is 4.03. The minimum atomic E-state index is -0.441. The molecule has 19 heavy (non-hydrogen) atoms. The smallest absolute Gasteiger partial charge is 0.261 e. The Hall–Kier alpha value is -2.48. The lowest BCUT2D eigenvalue weighted by Gasteiger charge is -2.03. The van der Waals surface area contributed by atoms with Crippen LogP contribution in [0.25, 0.3) is 6.08 Å². The number of amides is 1. The fourth-order valence-corrected chi connectivity index (χ4v) is 1.42. The lowest BCUT2D eigenvalue weighted by Crippen LogP contribution is -2.25. The van der Waals surface area contributed by atoms with E-state index in [1.54, 1.807) is 0 Å². The maximum Gasteiger partial charge on any atom is 0.261 e. The van der Waals surface area contributed by atoms with Crippen molar-refractivity contribution in [2.75, 3.05) is 6.54 Å². The Bertz CT molecular complexity index is 530. The molecule has 3 N–H and O–H groups in total. The van der Waals surface area contributed by atoms with Crippen LogP contribution in [-0.2, 0) is 4.79 Å². The molecule has 0 aliphatic carbocycles. The number of benzene rings is 1. The number of phenolic OH excluding ortho intramolecular Hbond substituents is 2. The van der Waals surface area contributed by atoms with Crippen LogP contribution in [0.2, 0.25) is 0 Å². The van der Waals surface area contributed by atoms with Gasteiger partial charge in [0.05, 0.1) is 0 Å². The molecule has 1 rings (SSSR count). The standard InChI is InChI=1S/C14H16N2O3/c1-2-3-6-16-14(19)11(9-15)7-10-4-5-12(17)13(18)8-10/h4-5,7-8,17-18H,2-3,6H2,1H3,(H,16,19)/b11-7+. The normalized spacial score (nSPS) is 10.8. The van der Waals surface area contributed by atoms with E-state index in [9.17, 15) is 15.0 Å². The monoisotopic (exact) mass is 260 g/mol. The van der Waals surface area contributed by atoms with Crippen LogP contribution < -0.4 is 5.32 Å². The third-order valence-electron chi connectivity index (χ3n) is 2.49. The second kappa shape index (κ2) is 7.07. The molecular weight excluding hydrogens is 244 g/mol. The zero-order valence-electron chi connectivity index (χ0n) is 10.7. The first-order valence-corrected chi connectivity index (χ1v) is 6.00. The van der Waals surface area contributed by atoms with E-state index < -0.39 is 5.91 Å². The molecule has 0 spiro atoms. The van der Waals surface area contributed by atoms with Crippen LogP contribution in [0, 0.1) is 11.3 Å². The minimum absolute atomic E-state index is 0.0406. The highest BCUT2D eigenvalue weighted by Crippen LogP contribution is 2.25. The number of nitrogens with one attached hydrogen (secondary N) is 1. The Morgan fingerprint density at radius 1 is 1.42 bits per heavy atom. The highest BCUT2D eigenvalue weighted by atomic mass is 16.3. The molecule has 0 saturated carbocycles. The quantitative estimate of drug-likeness (QED) is 0.326. The number of carbonyl (C=O) groups excluding carboxylic acids is 1. The van der Waals surface area contributed by atoms with Gasteiger partial charge in [0.2, 0.25) is 0 Å². The van der Waals surface area contributed by atoms with Gasteiger partial charge in [0.15, 0.2) is 11.5 Å². The number of nitrogens with zero attached hydrogens (tertiary/aromatic N) is 1. The number of hydrogen-bond acceptors (Lipinski definition) is 4. The van der Waals surface area contributed by atoms with Gasteiger partial charge < -0.3 is 15.5 Å². The van der Waals surface area contributed by atoms with Gasteiger partial charge in [0, 0.05) is 6.54 Å². The molecule has 0 aromatic heterocycles. The number of rotatable bonds is 5. The van der Waals surface area contributed by atoms with Crippen molar-refractivity contribution in [2.45, 2.75) is 19.8 Å². The van der Waals surface area contributed by atoms with Gasteiger partial charge in [-0.25, -0.2) is 0 Å². The van der Waals surface area contributed by atoms with E-state index >= 15 is 0 Å². The Kier molecular flexibility index (Phi) is 5.42. The topological polar surface area (TPSA) is 93.4 Å². The molecule has 0 aliphatic rings. The number of nitriles is 1. The second-order valence-electron chi connectivity index (χ2n) is 4.03. The fraction of sp³-hybridized carbons (Fsp3) is 0.286. The summed E-state index contributed by atoms with van der Waals surface area (Å²) in [7, 11) is 0. The van der Waals surface area contributed by atoms with Crippen molar-refractivity contribution in [1.82, 2.24) is 5.32 Å². The van der Waals surface area contributed by atoms with E-state index in [4.69, 9.17) is 5.26 Å². The Morgan fingerprint density at radius 3 is 2.74 bits per heavy atom. The Balaban J connectivity index is 2.84. The van der Waals surface area contributed by atoms with Gasteiger partial charge in [-0.2, -0.15) is 5.26 Å². The van der Waals surface area contributed by atoms with E-state index in [0.29, 0.717) is 12.1 Å². The van der Waals surface area contributed by atoms with Gasteiger partial charge in [-0.15, -0.1) is 0 Å². The van der Waals surface area contributed by atoms with Crippen molar-refractivity contribution in [3.8, 4) is 17.6 Å². The first-order valence-electron chi connectivity index (χ1n) is 6.00. The molecule has 0 bridgehead atoms. The van der Waals surface area contributed by atoms with Crippen molar-refractivity contribution in [2.24, 2.45) is 0 Å². The van der Waals surface area contributed by atoms with Crippen LogP contribution in [0.5, 0.6) is 11.5 Å². The first-order chi connectivity index (χ1) is 9.08. The number of phenols is 2. The van der Waals surface area contributed by atoms with E-state index in [0.717, 1.165) is 12.8 Å². The fourth-order valence-electron chi connectivity index (χ4n) is 1.42. The molecule has 100 valence electrons. The summed E-state index contributed by atoms with van der Waals surface area (Å²) in [4.78, 5) is 11.7. The zero-order valence-corrected chi connectivity index (χ0v) is 10.7. The Labute approximate surface area is 111 Å². The van der Waals surface area contributed by atoms with Crippen molar-refractivity contribution < 1.29 is 15.0 Å². The molecule has 0 fully saturated rings. The van der Waals surface area contributed by atoms with E-state index in [2.05, 4.69) is 5.32 Å². The van der Waals surface area contributed by atoms with Crippen LogP contribution >= 0.6 is 0 Å². The van der Waals surface area contributed by atoms with Gasteiger partial charge >= 0.3 is 0 Å².